The molecule has 47 heavy (non-hydrogen) atoms. The zero-order valence-electron chi connectivity index (χ0n) is 31.4. The zero-order valence-corrected chi connectivity index (χ0v) is 31.4. The van der Waals surface area contributed by atoms with Gasteiger partial charge in [-0.1, -0.05) is 194 Å². The van der Waals surface area contributed by atoms with E-state index in [4.69, 9.17) is 14.2 Å². The van der Waals surface area contributed by atoms with Crippen molar-refractivity contribution < 1.29 is 23.8 Å². The number of epoxide rings is 1. The largest absolute Gasteiger partial charge is 0.465 e. The van der Waals surface area contributed by atoms with Crippen LogP contribution >= 0.6 is 0 Å². The Hall–Kier alpha value is -1.10. The molecule has 2 aliphatic rings. The van der Waals surface area contributed by atoms with Crippen LogP contribution in [-0.2, 0) is 23.8 Å². The van der Waals surface area contributed by atoms with Gasteiger partial charge in [0.05, 0.1) is 37.3 Å². The van der Waals surface area contributed by atoms with Gasteiger partial charge in [-0.3, -0.25) is 9.59 Å². The Morgan fingerprint density at radius 2 is 0.766 bits per heavy atom. The van der Waals surface area contributed by atoms with Crippen LogP contribution in [0.3, 0.4) is 0 Å². The standard InChI is InChI=1S/C42H78O5/c1-3-5-7-9-11-13-15-17-19-21-23-25-27-29-31-35-45-41(43)37-33-34-38-40(47-38)39(37)42(44)46-36-32-30-28-26-24-22-20-18-16-14-12-10-8-6-4-2/h37-40H,3-36H2,1-2H3. The SMILES string of the molecule is CCCCCCCCCCCCCCCCCOC(=O)C1CCC2OC2C1C(=O)OCCCCCCCCCCCCCCCCC. The number of hydrogen-bond acceptors (Lipinski definition) is 5. The molecule has 0 spiro atoms. The third kappa shape index (κ3) is 21.6. The highest BCUT2D eigenvalue weighted by molar-refractivity contribution is 5.83. The minimum atomic E-state index is -0.487. The van der Waals surface area contributed by atoms with E-state index in [1.54, 1.807) is 0 Å². The maximum Gasteiger partial charge on any atom is 0.312 e. The Kier molecular flexibility index (Phi) is 26.7. The number of unbranched alkanes of at least 4 members (excludes halogenated alkanes) is 28. The first kappa shape index (κ1) is 42.1. The molecular formula is C42H78O5. The maximum absolute atomic E-state index is 13.0. The Balaban J connectivity index is 1.41. The van der Waals surface area contributed by atoms with E-state index in [1.165, 1.54) is 167 Å². The second-order valence-corrected chi connectivity index (χ2v) is 15.1. The molecule has 2 fully saturated rings. The quantitative estimate of drug-likeness (QED) is 0.0390. The molecule has 0 aromatic rings. The summed E-state index contributed by atoms with van der Waals surface area (Å²) in [5.41, 5.74) is 0. The fourth-order valence-electron chi connectivity index (χ4n) is 7.52. The van der Waals surface area contributed by atoms with E-state index in [0.29, 0.717) is 19.6 Å². The Labute approximate surface area is 291 Å². The van der Waals surface area contributed by atoms with Gasteiger partial charge >= 0.3 is 11.9 Å². The summed E-state index contributed by atoms with van der Waals surface area (Å²) in [7, 11) is 0. The van der Waals surface area contributed by atoms with Gasteiger partial charge in [-0.2, -0.15) is 0 Å². The zero-order chi connectivity index (χ0) is 33.6. The molecule has 1 aliphatic heterocycles. The van der Waals surface area contributed by atoms with Crippen LogP contribution in [0.25, 0.3) is 0 Å². The molecule has 5 nitrogen and oxygen atoms in total. The van der Waals surface area contributed by atoms with Gasteiger partial charge in [0.15, 0.2) is 0 Å². The minimum absolute atomic E-state index is 0.123. The average molecular weight is 663 g/mol. The number of rotatable bonds is 34. The Morgan fingerprint density at radius 1 is 0.447 bits per heavy atom. The van der Waals surface area contributed by atoms with Gasteiger partial charge in [0, 0.05) is 0 Å². The maximum atomic E-state index is 13.0. The number of hydrogen-bond donors (Lipinski definition) is 0. The molecule has 276 valence electrons. The van der Waals surface area contributed by atoms with E-state index in [2.05, 4.69) is 13.8 Å². The third-order valence-electron chi connectivity index (χ3n) is 10.7. The summed E-state index contributed by atoms with van der Waals surface area (Å²) < 4.78 is 17.1. The molecule has 0 aromatic carbocycles. The van der Waals surface area contributed by atoms with Gasteiger partial charge in [-0.25, -0.2) is 0 Å². The van der Waals surface area contributed by atoms with E-state index in [9.17, 15) is 9.59 Å². The van der Waals surface area contributed by atoms with Crippen LogP contribution in [-0.4, -0.2) is 37.4 Å². The van der Waals surface area contributed by atoms with Crippen LogP contribution in [0.4, 0.5) is 0 Å². The van der Waals surface area contributed by atoms with Crippen LogP contribution in [0.2, 0.25) is 0 Å². The highest BCUT2D eigenvalue weighted by atomic mass is 16.6. The van der Waals surface area contributed by atoms with Crippen molar-refractivity contribution in [2.45, 2.75) is 232 Å². The second kappa shape index (κ2) is 29.8. The molecule has 1 heterocycles. The molecule has 0 N–H and O–H groups in total. The highest BCUT2D eigenvalue weighted by Gasteiger charge is 2.57. The van der Waals surface area contributed by atoms with Gasteiger partial charge in [-0.15, -0.1) is 0 Å². The van der Waals surface area contributed by atoms with Crippen molar-refractivity contribution in [1.29, 1.82) is 0 Å². The first-order chi connectivity index (χ1) is 23.2. The summed E-state index contributed by atoms with van der Waals surface area (Å²) in [5.74, 6) is -1.38. The third-order valence-corrected chi connectivity index (χ3v) is 10.7. The van der Waals surface area contributed by atoms with Crippen molar-refractivity contribution in [2.75, 3.05) is 13.2 Å². The Morgan fingerprint density at radius 3 is 1.13 bits per heavy atom. The minimum Gasteiger partial charge on any atom is -0.465 e. The van der Waals surface area contributed by atoms with E-state index in [0.717, 1.165) is 32.1 Å². The lowest BCUT2D eigenvalue weighted by molar-refractivity contribution is -0.162. The summed E-state index contributed by atoms with van der Waals surface area (Å²) in [4.78, 5) is 26.0. The first-order valence-corrected chi connectivity index (χ1v) is 21.2. The number of carbonyl (C=O) groups excluding carboxylic acids is 2. The molecular weight excluding hydrogens is 584 g/mol. The predicted octanol–water partition coefficient (Wildman–Crippen LogP) is 12.6. The first-order valence-electron chi connectivity index (χ1n) is 21.2. The van der Waals surface area contributed by atoms with Crippen molar-refractivity contribution >= 4 is 11.9 Å². The monoisotopic (exact) mass is 663 g/mol. The van der Waals surface area contributed by atoms with Crippen LogP contribution < -0.4 is 0 Å². The molecule has 4 atom stereocenters. The normalized spacial score (nSPS) is 20.2. The predicted molar refractivity (Wildman–Crippen MR) is 197 cm³/mol. The summed E-state index contributed by atoms with van der Waals surface area (Å²) in [5, 5.41) is 0. The van der Waals surface area contributed by atoms with E-state index < -0.39 is 11.8 Å². The number of ether oxygens (including phenoxy) is 3. The molecule has 1 aliphatic carbocycles. The van der Waals surface area contributed by atoms with Gasteiger partial charge in [0.25, 0.3) is 0 Å². The smallest absolute Gasteiger partial charge is 0.312 e. The average Bonchev–Trinajstić information content (AvgIpc) is 3.87. The van der Waals surface area contributed by atoms with Crippen molar-refractivity contribution in [1.82, 2.24) is 0 Å². The summed E-state index contributed by atoms with van der Waals surface area (Å²) in [6, 6.07) is 0. The molecule has 2 rings (SSSR count). The molecule has 5 heteroatoms. The van der Waals surface area contributed by atoms with Crippen LogP contribution in [0, 0.1) is 11.8 Å². The lowest BCUT2D eigenvalue weighted by Crippen LogP contribution is -2.39. The van der Waals surface area contributed by atoms with Gasteiger partial charge in [-0.05, 0) is 25.7 Å². The van der Waals surface area contributed by atoms with Gasteiger partial charge in [0.1, 0.15) is 0 Å². The second-order valence-electron chi connectivity index (χ2n) is 15.1. The molecule has 0 radical (unpaired) electrons. The van der Waals surface area contributed by atoms with Crippen LogP contribution in [0.1, 0.15) is 219 Å². The summed E-state index contributed by atoms with van der Waals surface area (Å²) >= 11 is 0. The lowest BCUT2D eigenvalue weighted by Gasteiger charge is -2.25. The van der Waals surface area contributed by atoms with Crippen molar-refractivity contribution in [3.63, 3.8) is 0 Å². The number of esters is 2. The van der Waals surface area contributed by atoms with Crippen molar-refractivity contribution in [3.8, 4) is 0 Å². The Bertz CT molecular complexity index is 739. The van der Waals surface area contributed by atoms with E-state index in [1.807, 2.05) is 0 Å². The van der Waals surface area contributed by atoms with Crippen molar-refractivity contribution in [2.24, 2.45) is 11.8 Å². The van der Waals surface area contributed by atoms with Gasteiger partial charge in [0.2, 0.25) is 0 Å². The highest BCUT2D eigenvalue weighted by Crippen LogP contribution is 2.45. The van der Waals surface area contributed by atoms with Crippen molar-refractivity contribution in [3.05, 3.63) is 0 Å². The summed E-state index contributed by atoms with van der Waals surface area (Å²) in [6.45, 7) is 5.47. The fraction of sp³-hybridized carbons (Fsp3) is 0.952. The molecule has 1 saturated heterocycles. The lowest BCUT2D eigenvalue weighted by atomic mass is 9.79. The number of carbonyl (C=O) groups is 2. The molecule has 4 unspecified atom stereocenters. The topological polar surface area (TPSA) is 65.1 Å². The molecule has 0 aromatic heterocycles. The molecule has 0 bridgehead atoms. The van der Waals surface area contributed by atoms with Gasteiger partial charge < -0.3 is 14.2 Å². The molecule has 1 saturated carbocycles. The van der Waals surface area contributed by atoms with E-state index in [-0.39, 0.29) is 24.1 Å². The molecule has 0 amide bonds. The summed E-state index contributed by atoms with van der Waals surface area (Å²) in [6.07, 6.45) is 41.0. The number of fused-ring (bicyclic) bond motifs is 1. The fourth-order valence-corrected chi connectivity index (χ4v) is 7.52. The van der Waals surface area contributed by atoms with Crippen LogP contribution in [0.15, 0.2) is 0 Å². The van der Waals surface area contributed by atoms with E-state index >= 15 is 0 Å². The van der Waals surface area contributed by atoms with Crippen LogP contribution in [0.5, 0.6) is 0 Å².